The van der Waals surface area contributed by atoms with Crippen LogP contribution in [0.1, 0.15) is 48.8 Å². The van der Waals surface area contributed by atoms with E-state index in [0.717, 1.165) is 50.5 Å². The van der Waals surface area contributed by atoms with Crippen LogP contribution < -0.4 is 21.3 Å². The molecule has 3 saturated heterocycles. The summed E-state index contributed by atoms with van der Waals surface area (Å²) in [6, 6.07) is 9.31. The normalized spacial score (nSPS) is 18.5. The maximum absolute atomic E-state index is 12.2. The highest BCUT2D eigenvalue weighted by atomic mass is 16.5. The molecule has 250 valence electrons. The number of anilines is 4. The van der Waals surface area contributed by atoms with Crippen LogP contribution in [0.3, 0.4) is 0 Å². The first-order valence-corrected chi connectivity index (χ1v) is 15.9. The Morgan fingerprint density at radius 2 is 1.52 bits per heavy atom. The Morgan fingerprint density at radius 1 is 0.913 bits per heavy atom. The monoisotopic (exact) mass is 638 g/mol. The first-order valence-electron chi connectivity index (χ1n) is 15.9. The molecule has 3 aliphatic rings. The summed E-state index contributed by atoms with van der Waals surface area (Å²) >= 11 is 0. The topological polar surface area (TPSA) is 186 Å². The Kier molecular flexibility index (Phi) is 12.7. The van der Waals surface area contributed by atoms with Crippen molar-refractivity contribution in [3.05, 3.63) is 47.8 Å². The van der Waals surface area contributed by atoms with Gasteiger partial charge in [0.1, 0.15) is 0 Å². The molecule has 0 saturated carbocycles. The Labute approximate surface area is 269 Å². The summed E-state index contributed by atoms with van der Waals surface area (Å²) in [5.74, 6) is -2.02. The molecule has 3 fully saturated rings. The molecule has 0 atom stereocenters. The number of carboxylic acids is 2. The quantitative estimate of drug-likeness (QED) is 0.239. The minimum absolute atomic E-state index is 0.162. The first kappa shape index (κ1) is 34.6. The average Bonchev–Trinajstić information content (AvgIpc) is 3.05. The zero-order valence-corrected chi connectivity index (χ0v) is 26.7. The van der Waals surface area contributed by atoms with Crippen LogP contribution in [-0.2, 0) is 20.7 Å². The second kappa shape index (κ2) is 16.9. The van der Waals surface area contributed by atoms with E-state index in [0.29, 0.717) is 36.3 Å². The van der Waals surface area contributed by atoms with Crippen molar-refractivity contribution in [3.63, 3.8) is 0 Å². The van der Waals surface area contributed by atoms with Gasteiger partial charge in [0.25, 0.3) is 5.91 Å². The molecular weight excluding hydrogens is 592 g/mol. The Balaban J connectivity index is 0.000000533. The SMILES string of the molecule is CCc1nc(C(N)=O)c(Nc2ccc(N3CCC(N4CCN(C)CC4)CC3)cc2)nc1NC1CCOCC1.O=C(O)/C=C/C(=O)O. The smallest absolute Gasteiger partial charge is 0.328 e. The standard InChI is InChI=1S/C28H42N8O2.C4H4O4/c1-3-24-27(30-21-10-18-38-19-11-21)33-28(25(32-24)26(29)37)31-20-4-6-22(7-5-20)35-12-8-23(9-13-35)36-16-14-34(2)15-17-36;5-3(6)1-2-4(7)8/h4-7,21,23H,3,8-19H2,1-2H3,(H2,29,37)(H2,30,31,33);1-2H,(H,5,6)(H,7,8)/b;2-1+. The number of aliphatic carboxylic acids is 2. The molecule has 46 heavy (non-hydrogen) atoms. The molecule has 0 spiro atoms. The van der Waals surface area contributed by atoms with Gasteiger partial charge in [-0.2, -0.15) is 0 Å². The van der Waals surface area contributed by atoms with E-state index in [2.05, 4.69) is 49.5 Å². The van der Waals surface area contributed by atoms with Gasteiger partial charge in [0.05, 0.1) is 5.69 Å². The minimum atomic E-state index is -1.26. The van der Waals surface area contributed by atoms with Crippen LogP contribution in [0.15, 0.2) is 36.4 Å². The van der Waals surface area contributed by atoms with Crippen molar-refractivity contribution in [1.29, 1.82) is 0 Å². The van der Waals surface area contributed by atoms with Gasteiger partial charge in [-0.05, 0) is 63.4 Å². The third-order valence-corrected chi connectivity index (χ3v) is 8.48. The fourth-order valence-electron chi connectivity index (χ4n) is 5.84. The first-order chi connectivity index (χ1) is 22.1. The number of likely N-dealkylation sites (N-methyl/N-ethyl adjacent to an activating group) is 1. The van der Waals surface area contributed by atoms with Gasteiger partial charge in [-0.25, -0.2) is 19.6 Å². The van der Waals surface area contributed by atoms with Gasteiger partial charge in [-0.15, -0.1) is 0 Å². The second-order valence-electron chi connectivity index (χ2n) is 11.7. The third kappa shape index (κ3) is 10.1. The van der Waals surface area contributed by atoms with E-state index in [4.69, 9.17) is 25.7 Å². The summed E-state index contributed by atoms with van der Waals surface area (Å²) in [4.78, 5) is 48.3. The average molecular weight is 639 g/mol. The minimum Gasteiger partial charge on any atom is -0.478 e. The van der Waals surface area contributed by atoms with E-state index in [-0.39, 0.29) is 11.7 Å². The summed E-state index contributed by atoms with van der Waals surface area (Å²) < 4.78 is 5.48. The van der Waals surface area contributed by atoms with E-state index in [1.165, 1.54) is 44.7 Å². The van der Waals surface area contributed by atoms with Crippen molar-refractivity contribution in [1.82, 2.24) is 19.8 Å². The lowest BCUT2D eigenvalue weighted by Gasteiger charge is -2.42. The van der Waals surface area contributed by atoms with Crippen molar-refractivity contribution in [2.24, 2.45) is 5.73 Å². The molecule has 3 aliphatic heterocycles. The maximum Gasteiger partial charge on any atom is 0.328 e. The number of amides is 1. The number of nitrogens with two attached hydrogens (primary N) is 1. The van der Waals surface area contributed by atoms with Crippen molar-refractivity contribution in [3.8, 4) is 0 Å². The summed E-state index contributed by atoms with van der Waals surface area (Å²) in [5.41, 5.74) is 8.66. The van der Waals surface area contributed by atoms with Crippen LogP contribution in [0.5, 0.6) is 0 Å². The lowest BCUT2D eigenvalue weighted by atomic mass is 10.0. The predicted octanol–water partition coefficient (Wildman–Crippen LogP) is 2.40. The molecular formula is C32H46N8O6. The fourth-order valence-corrected chi connectivity index (χ4v) is 5.84. The van der Waals surface area contributed by atoms with E-state index >= 15 is 0 Å². The number of benzene rings is 1. The van der Waals surface area contributed by atoms with Gasteiger partial charge in [0.15, 0.2) is 17.3 Å². The number of hydrogen-bond donors (Lipinski definition) is 5. The number of carbonyl (C=O) groups is 3. The van der Waals surface area contributed by atoms with Gasteiger partial charge in [-0.3, -0.25) is 9.69 Å². The Bertz CT molecular complexity index is 1330. The molecule has 2 aromatic rings. The van der Waals surface area contributed by atoms with Crippen molar-refractivity contribution >= 4 is 40.9 Å². The van der Waals surface area contributed by atoms with Gasteiger partial charge in [0, 0.05) is 88.1 Å². The number of piperidine rings is 1. The number of carbonyl (C=O) groups excluding carboxylic acids is 1. The largest absolute Gasteiger partial charge is 0.478 e. The number of hydrogen-bond acceptors (Lipinski definition) is 11. The number of piperazine rings is 1. The molecule has 5 rings (SSSR count). The van der Waals surface area contributed by atoms with Gasteiger partial charge in [0.2, 0.25) is 0 Å². The van der Waals surface area contributed by atoms with Crippen LogP contribution in [0, 0.1) is 0 Å². The van der Waals surface area contributed by atoms with Gasteiger partial charge in [-0.1, -0.05) is 6.92 Å². The molecule has 14 nitrogen and oxygen atoms in total. The zero-order valence-electron chi connectivity index (χ0n) is 26.7. The number of ether oxygens (including phenoxy) is 1. The molecule has 14 heteroatoms. The number of nitrogens with zero attached hydrogens (tertiary/aromatic N) is 5. The molecule has 6 N–H and O–H groups in total. The number of rotatable bonds is 10. The Hall–Kier alpha value is -4.27. The van der Waals surface area contributed by atoms with E-state index in [9.17, 15) is 14.4 Å². The molecule has 4 heterocycles. The highest BCUT2D eigenvalue weighted by Crippen LogP contribution is 2.28. The van der Waals surface area contributed by atoms with Gasteiger partial charge >= 0.3 is 11.9 Å². The third-order valence-electron chi connectivity index (χ3n) is 8.48. The fraction of sp³-hybridized carbons (Fsp3) is 0.531. The lowest BCUT2D eigenvalue weighted by Crippen LogP contribution is -2.52. The summed E-state index contributed by atoms with van der Waals surface area (Å²) in [6.45, 7) is 10.3. The van der Waals surface area contributed by atoms with Crippen molar-refractivity contribution < 1.29 is 29.3 Å². The summed E-state index contributed by atoms with van der Waals surface area (Å²) in [7, 11) is 2.21. The van der Waals surface area contributed by atoms with Crippen LogP contribution >= 0.6 is 0 Å². The van der Waals surface area contributed by atoms with Crippen LogP contribution in [-0.4, -0.2) is 119 Å². The molecule has 1 aromatic carbocycles. The van der Waals surface area contributed by atoms with Crippen LogP contribution in [0.2, 0.25) is 0 Å². The summed E-state index contributed by atoms with van der Waals surface area (Å²) in [6.07, 6.45) is 6.00. The predicted molar refractivity (Wildman–Crippen MR) is 176 cm³/mol. The highest BCUT2D eigenvalue weighted by Gasteiger charge is 2.27. The zero-order chi connectivity index (χ0) is 33.1. The van der Waals surface area contributed by atoms with Crippen LogP contribution in [0.25, 0.3) is 0 Å². The van der Waals surface area contributed by atoms with E-state index in [1.54, 1.807) is 0 Å². The summed E-state index contributed by atoms with van der Waals surface area (Å²) in [5, 5.41) is 22.4. The van der Waals surface area contributed by atoms with E-state index in [1.807, 2.05) is 19.1 Å². The number of nitrogens with one attached hydrogen (secondary N) is 2. The maximum atomic E-state index is 12.2. The number of aryl methyl sites for hydroxylation is 1. The molecule has 0 bridgehead atoms. The molecule has 0 unspecified atom stereocenters. The molecule has 0 aliphatic carbocycles. The van der Waals surface area contributed by atoms with Gasteiger partial charge < -0.3 is 41.1 Å². The van der Waals surface area contributed by atoms with Crippen molar-refractivity contribution in [2.45, 2.75) is 51.1 Å². The van der Waals surface area contributed by atoms with Crippen LogP contribution in [0.4, 0.5) is 23.0 Å². The number of aromatic nitrogens is 2. The highest BCUT2D eigenvalue weighted by molar-refractivity contribution is 5.96. The molecule has 1 amide bonds. The van der Waals surface area contributed by atoms with Crippen molar-refractivity contribution in [2.75, 3.05) is 75.1 Å². The lowest BCUT2D eigenvalue weighted by molar-refractivity contribution is -0.134. The Morgan fingerprint density at radius 3 is 2.07 bits per heavy atom. The van der Waals surface area contributed by atoms with E-state index < -0.39 is 17.8 Å². The second-order valence-corrected chi connectivity index (χ2v) is 11.7. The number of carboxylic acid groups (broad SMARTS) is 2. The molecule has 1 aromatic heterocycles. The molecule has 0 radical (unpaired) electrons. The number of primary amides is 1.